The Kier molecular flexibility index (Phi) is 5.59. The van der Waals surface area contributed by atoms with Gasteiger partial charge in [0.15, 0.2) is 0 Å². The fourth-order valence-corrected chi connectivity index (χ4v) is 6.17. The van der Waals surface area contributed by atoms with Crippen molar-refractivity contribution in [2.24, 2.45) is 11.3 Å². The smallest absolute Gasteiger partial charge is 0.261 e. The van der Waals surface area contributed by atoms with Gasteiger partial charge in [-0.05, 0) is 54.5 Å². The summed E-state index contributed by atoms with van der Waals surface area (Å²) in [6, 6.07) is 16.2. The molecule has 0 saturated heterocycles. The van der Waals surface area contributed by atoms with Gasteiger partial charge in [0.05, 0.1) is 17.7 Å². The van der Waals surface area contributed by atoms with Crippen LogP contribution in [-0.2, 0) is 22.9 Å². The van der Waals surface area contributed by atoms with Crippen molar-refractivity contribution < 1.29 is 17.6 Å². The van der Waals surface area contributed by atoms with Crippen molar-refractivity contribution in [2.45, 2.75) is 51.3 Å². The van der Waals surface area contributed by atoms with Crippen LogP contribution in [0.1, 0.15) is 44.9 Å². The van der Waals surface area contributed by atoms with E-state index in [1.165, 1.54) is 5.56 Å². The number of benzene rings is 3. The number of hydrogen-bond donors (Lipinski definition) is 1. The first-order valence-electron chi connectivity index (χ1n) is 11.9. The summed E-state index contributed by atoms with van der Waals surface area (Å²) in [4.78, 5) is 0.191. The van der Waals surface area contributed by atoms with Crippen molar-refractivity contribution >= 4 is 37.5 Å². The number of anilines is 1. The fourth-order valence-electron chi connectivity index (χ4n) is 5.10. The second-order valence-corrected chi connectivity index (χ2v) is 11.6. The maximum absolute atomic E-state index is 13.3. The number of fused-ring (bicyclic) bond motifs is 5. The molecule has 0 amide bonds. The van der Waals surface area contributed by atoms with Crippen LogP contribution in [0.5, 0.6) is 5.75 Å². The third-order valence-corrected chi connectivity index (χ3v) is 9.06. The minimum absolute atomic E-state index is 0.191. The highest BCUT2D eigenvalue weighted by atomic mass is 32.2. The van der Waals surface area contributed by atoms with Gasteiger partial charge < -0.3 is 9.15 Å². The summed E-state index contributed by atoms with van der Waals surface area (Å²) in [5.41, 5.74) is 2.89. The van der Waals surface area contributed by atoms with Gasteiger partial charge in [-0.3, -0.25) is 4.72 Å². The number of nitrogens with one attached hydrogen (secondary N) is 1. The predicted molar refractivity (Wildman–Crippen MR) is 137 cm³/mol. The van der Waals surface area contributed by atoms with E-state index in [-0.39, 0.29) is 10.3 Å². The van der Waals surface area contributed by atoms with Gasteiger partial charge in [-0.15, -0.1) is 0 Å². The van der Waals surface area contributed by atoms with Gasteiger partial charge in [0.25, 0.3) is 10.0 Å². The zero-order valence-corrected chi connectivity index (χ0v) is 21.0. The summed E-state index contributed by atoms with van der Waals surface area (Å²) < 4.78 is 40.9. The molecule has 1 aliphatic rings. The zero-order chi connectivity index (χ0) is 24.1. The van der Waals surface area contributed by atoms with E-state index in [1.54, 1.807) is 31.4 Å². The molecular weight excluding hydrogens is 446 g/mol. The second-order valence-electron chi connectivity index (χ2n) is 9.91. The Morgan fingerprint density at radius 2 is 1.76 bits per heavy atom. The van der Waals surface area contributed by atoms with E-state index in [0.29, 0.717) is 17.4 Å². The molecule has 0 spiro atoms. The molecule has 5 rings (SSSR count). The third kappa shape index (κ3) is 3.84. The van der Waals surface area contributed by atoms with Crippen LogP contribution < -0.4 is 9.46 Å². The molecule has 0 bridgehead atoms. The second kappa shape index (κ2) is 8.35. The molecule has 0 fully saturated rings. The molecule has 0 saturated carbocycles. The van der Waals surface area contributed by atoms with Crippen LogP contribution in [-0.4, -0.2) is 15.5 Å². The van der Waals surface area contributed by atoms with Crippen LogP contribution in [0, 0.1) is 11.3 Å². The molecule has 5 nitrogen and oxygen atoms in total. The number of ether oxygens (including phenoxy) is 1. The van der Waals surface area contributed by atoms with Crippen LogP contribution in [0.15, 0.2) is 63.9 Å². The van der Waals surface area contributed by atoms with Gasteiger partial charge in [0, 0.05) is 28.1 Å². The van der Waals surface area contributed by atoms with Crippen LogP contribution in [0.3, 0.4) is 0 Å². The van der Waals surface area contributed by atoms with Crippen molar-refractivity contribution in [1.82, 2.24) is 0 Å². The Morgan fingerprint density at radius 3 is 2.44 bits per heavy atom. The highest BCUT2D eigenvalue weighted by Gasteiger charge is 2.34. The molecule has 6 heteroatoms. The van der Waals surface area contributed by atoms with E-state index < -0.39 is 10.0 Å². The Bertz CT molecular complexity index is 1470. The summed E-state index contributed by atoms with van der Waals surface area (Å²) in [6.45, 7) is 6.94. The Morgan fingerprint density at radius 1 is 1.06 bits per heavy atom. The molecule has 1 aliphatic carbocycles. The average Bonchev–Trinajstić information content (AvgIpc) is 3.22. The molecule has 0 radical (unpaired) electrons. The van der Waals surface area contributed by atoms with Crippen molar-refractivity contribution in [3.8, 4) is 5.75 Å². The Hall–Kier alpha value is -2.99. The molecule has 1 atom stereocenters. The summed E-state index contributed by atoms with van der Waals surface area (Å²) in [5.74, 6) is 2.22. The number of hydrogen-bond acceptors (Lipinski definition) is 4. The molecule has 34 heavy (non-hydrogen) atoms. The molecule has 4 aromatic rings. The first-order valence-corrected chi connectivity index (χ1v) is 13.3. The predicted octanol–water partition coefficient (Wildman–Crippen LogP) is 6.94. The Labute approximate surface area is 201 Å². The maximum Gasteiger partial charge on any atom is 0.261 e. The van der Waals surface area contributed by atoms with Gasteiger partial charge in [-0.1, -0.05) is 51.5 Å². The minimum Gasteiger partial charge on any atom is -0.497 e. The highest BCUT2D eigenvalue weighted by Crippen LogP contribution is 2.45. The molecule has 178 valence electrons. The standard InChI is InChI=1S/C28H31NO4S/c1-5-28(2,3)18-10-15-26-23(16-18)24-17-25(21-8-6-7-9-22(21)27(24)33-26)29-34(30,31)20-13-11-19(32-4)12-14-20/h6-9,11-14,17-18,29H,5,10,15-16H2,1-4H3/t18-/m0/s1. The lowest BCUT2D eigenvalue weighted by Gasteiger charge is -2.36. The molecular formula is C28H31NO4S. The van der Waals surface area contributed by atoms with Crippen LogP contribution >= 0.6 is 0 Å². The first kappa shape index (κ1) is 22.8. The van der Waals surface area contributed by atoms with Gasteiger partial charge in [-0.25, -0.2) is 8.42 Å². The van der Waals surface area contributed by atoms with Gasteiger partial charge >= 0.3 is 0 Å². The monoisotopic (exact) mass is 477 g/mol. The van der Waals surface area contributed by atoms with E-state index in [2.05, 4.69) is 25.5 Å². The lowest BCUT2D eigenvalue weighted by Crippen LogP contribution is -2.28. The maximum atomic E-state index is 13.3. The summed E-state index contributed by atoms with van der Waals surface area (Å²) >= 11 is 0. The minimum atomic E-state index is -3.78. The third-order valence-electron chi connectivity index (χ3n) is 7.68. The fraction of sp³-hybridized carbons (Fsp3) is 0.357. The van der Waals surface area contributed by atoms with Crippen molar-refractivity contribution in [1.29, 1.82) is 0 Å². The SMILES string of the molecule is CCC(C)(C)[C@H]1CCc2oc3c(cc(NS(=O)(=O)c4ccc(OC)cc4)c4ccccc43)c2C1. The lowest BCUT2D eigenvalue weighted by atomic mass is 9.69. The first-order chi connectivity index (χ1) is 16.2. The van der Waals surface area contributed by atoms with Crippen molar-refractivity contribution in [3.63, 3.8) is 0 Å². The average molecular weight is 478 g/mol. The van der Waals surface area contributed by atoms with E-state index in [4.69, 9.17) is 9.15 Å². The van der Waals surface area contributed by atoms with E-state index in [1.807, 2.05) is 30.3 Å². The quantitative estimate of drug-likeness (QED) is 0.327. The number of rotatable bonds is 6. The number of methoxy groups -OCH3 is 1. The highest BCUT2D eigenvalue weighted by molar-refractivity contribution is 7.92. The molecule has 1 heterocycles. The molecule has 0 unspecified atom stereocenters. The molecule has 1 aromatic heterocycles. The normalized spacial score (nSPS) is 16.5. The zero-order valence-electron chi connectivity index (χ0n) is 20.1. The van der Waals surface area contributed by atoms with Gasteiger partial charge in [0.1, 0.15) is 17.1 Å². The largest absolute Gasteiger partial charge is 0.497 e. The van der Waals surface area contributed by atoms with E-state index in [9.17, 15) is 8.42 Å². The number of aryl methyl sites for hydroxylation is 1. The van der Waals surface area contributed by atoms with Crippen molar-refractivity contribution in [3.05, 3.63) is 65.9 Å². The van der Waals surface area contributed by atoms with Gasteiger partial charge in [-0.2, -0.15) is 0 Å². The lowest BCUT2D eigenvalue weighted by molar-refractivity contribution is 0.179. The molecule has 0 aliphatic heterocycles. The number of furan rings is 1. The van der Waals surface area contributed by atoms with E-state index in [0.717, 1.165) is 53.2 Å². The Balaban J connectivity index is 1.63. The van der Waals surface area contributed by atoms with Gasteiger partial charge in [0.2, 0.25) is 0 Å². The van der Waals surface area contributed by atoms with Crippen LogP contribution in [0.25, 0.3) is 21.7 Å². The van der Waals surface area contributed by atoms with Crippen LogP contribution in [0.2, 0.25) is 0 Å². The van der Waals surface area contributed by atoms with E-state index >= 15 is 0 Å². The topological polar surface area (TPSA) is 68.5 Å². The summed E-state index contributed by atoms with van der Waals surface area (Å²) in [6.07, 6.45) is 4.10. The summed E-state index contributed by atoms with van der Waals surface area (Å²) in [5, 5.41) is 2.76. The van der Waals surface area contributed by atoms with Crippen molar-refractivity contribution in [2.75, 3.05) is 11.8 Å². The molecule has 1 N–H and O–H groups in total. The molecule has 3 aromatic carbocycles. The summed E-state index contributed by atoms with van der Waals surface area (Å²) in [7, 11) is -2.22. The number of sulfonamides is 1. The van der Waals surface area contributed by atoms with Crippen LogP contribution in [0.4, 0.5) is 5.69 Å².